The first-order chi connectivity index (χ1) is 7.29. The molecule has 1 aromatic rings. The van der Waals surface area contributed by atoms with Crippen molar-refractivity contribution in [1.29, 1.82) is 0 Å². The minimum Gasteiger partial charge on any atom is -0.399 e. The van der Waals surface area contributed by atoms with E-state index in [1.165, 1.54) is 36.9 Å². The van der Waals surface area contributed by atoms with Crippen LogP contribution in [0.3, 0.4) is 0 Å². The summed E-state index contributed by atoms with van der Waals surface area (Å²) in [6.45, 7) is 3.36. The number of anilines is 2. The quantitative estimate of drug-likeness (QED) is 0.743. The molecule has 2 heteroatoms. The Morgan fingerprint density at radius 3 is 3.13 bits per heavy atom. The Morgan fingerprint density at radius 1 is 1.47 bits per heavy atom. The van der Waals surface area contributed by atoms with E-state index in [4.69, 9.17) is 5.73 Å². The summed E-state index contributed by atoms with van der Waals surface area (Å²) in [6.07, 6.45) is 5.19. The van der Waals surface area contributed by atoms with E-state index in [1.807, 2.05) is 12.1 Å². The van der Waals surface area contributed by atoms with Crippen molar-refractivity contribution in [1.82, 2.24) is 0 Å². The fourth-order valence-electron chi connectivity index (χ4n) is 2.27. The first kappa shape index (κ1) is 10.3. The normalized spacial score (nSPS) is 19.4. The number of rotatable bonds is 3. The van der Waals surface area contributed by atoms with Gasteiger partial charge in [-0.25, -0.2) is 0 Å². The van der Waals surface area contributed by atoms with Gasteiger partial charge in [0.15, 0.2) is 0 Å². The zero-order valence-corrected chi connectivity index (χ0v) is 9.42. The van der Waals surface area contributed by atoms with E-state index in [9.17, 15) is 0 Å². The van der Waals surface area contributed by atoms with Crippen LogP contribution in [0.1, 0.15) is 31.7 Å². The van der Waals surface area contributed by atoms with Gasteiger partial charge in [0, 0.05) is 17.9 Å². The summed E-state index contributed by atoms with van der Waals surface area (Å²) in [5, 5.41) is 3.48. The molecule has 1 heterocycles. The van der Waals surface area contributed by atoms with Gasteiger partial charge in [-0.05, 0) is 36.5 Å². The standard InChI is InChI=1S/C13H20N2/c1-2-3-4-10-7-11-5-6-12(14)8-13(11)15-9-10/h5-6,8,10,15H,2-4,7,9,14H2,1H3. The van der Waals surface area contributed by atoms with Gasteiger partial charge in [0.2, 0.25) is 0 Å². The highest BCUT2D eigenvalue weighted by Gasteiger charge is 2.17. The van der Waals surface area contributed by atoms with Gasteiger partial charge in [-0.1, -0.05) is 25.8 Å². The molecule has 1 atom stereocenters. The van der Waals surface area contributed by atoms with Gasteiger partial charge < -0.3 is 11.1 Å². The third-order valence-corrected chi connectivity index (χ3v) is 3.19. The molecule has 0 aliphatic carbocycles. The van der Waals surface area contributed by atoms with Crippen LogP contribution in [-0.4, -0.2) is 6.54 Å². The van der Waals surface area contributed by atoms with Crippen molar-refractivity contribution in [3.63, 3.8) is 0 Å². The fourth-order valence-corrected chi connectivity index (χ4v) is 2.27. The molecule has 0 radical (unpaired) electrons. The van der Waals surface area contributed by atoms with Gasteiger partial charge in [-0.15, -0.1) is 0 Å². The minimum atomic E-state index is 0.807. The van der Waals surface area contributed by atoms with Crippen molar-refractivity contribution in [3.8, 4) is 0 Å². The van der Waals surface area contributed by atoms with Crippen LogP contribution in [0.25, 0.3) is 0 Å². The van der Waals surface area contributed by atoms with E-state index in [1.54, 1.807) is 0 Å². The number of nitrogens with two attached hydrogens (primary N) is 1. The van der Waals surface area contributed by atoms with E-state index in [-0.39, 0.29) is 0 Å². The van der Waals surface area contributed by atoms with Crippen LogP contribution < -0.4 is 11.1 Å². The molecule has 3 N–H and O–H groups in total. The molecule has 0 amide bonds. The number of fused-ring (bicyclic) bond motifs is 1. The average molecular weight is 204 g/mol. The van der Waals surface area contributed by atoms with E-state index in [0.717, 1.165) is 18.2 Å². The molecule has 1 aliphatic rings. The van der Waals surface area contributed by atoms with Crippen molar-refractivity contribution in [2.24, 2.45) is 5.92 Å². The van der Waals surface area contributed by atoms with Crippen LogP contribution in [0, 0.1) is 5.92 Å². The lowest BCUT2D eigenvalue weighted by Crippen LogP contribution is -2.23. The van der Waals surface area contributed by atoms with Crippen molar-refractivity contribution in [3.05, 3.63) is 23.8 Å². The highest BCUT2D eigenvalue weighted by atomic mass is 14.9. The number of nitrogens with one attached hydrogen (secondary N) is 1. The van der Waals surface area contributed by atoms with Gasteiger partial charge in [0.25, 0.3) is 0 Å². The van der Waals surface area contributed by atoms with Crippen LogP contribution in [0.15, 0.2) is 18.2 Å². The molecule has 0 saturated heterocycles. The lowest BCUT2D eigenvalue weighted by atomic mass is 9.90. The van der Waals surface area contributed by atoms with Gasteiger partial charge in [0.05, 0.1) is 0 Å². The Hall–Kier alpha value is -1.18. The van der Waals surface area contributed by atoms with Crippen LogP contribution in [-0.2, 0) is 6.42 Å². The summed E-state index contributed by atoms with van der Waals surface area (Å²) in [5.74, 6) is 0.807. The molecule has 2 rings (SSSR count). The second kappa shape index (κ2) is 4.56. The Labute approximate surface area is 91.9 Å². The smallest absolute Gasteiger partial charge is 0.0393 e. The number of hydrogen-bond donors (Lipinski definition) is 2. The molecule has 0 bridgehead atoms. The first-order valence-electron chi connectivity index (χ1n) is 5.92. The molecule has 2 nitrogen and oxygen atoms in total. The third-order valence-electron chi connectivity index (χ3n) is 3.19. The lowest BCUT2D eigenvalue weighted by Gasteiger charge is -2.26. The maximum Gasteiger partial charge on any atom is 0.0393 e. The molecule has 1 unspecified atom stereocenters. The topological polar surface area (TPSA) is 38.0 Å². The summed E-state index contributed by atoms with van der Waals surface area (Å²) in [6, 6.07) is 6.21. The number of benzene rings is 1. The van der Waals surface area contributed by atoms with E-state index in [2.05, 4.69) is 18.3 Å². The fraction of sp³-hybridized carbons (Fsp3) is 0.538. The number of nitrogen functional groups attached to an aromatic ring is 1. The summed E-state index contributed by atoms with van der Waals surface area (Å²) < 4.78 is 0. The highest BCUT2D eigenvalue weighted by Crippen LogP contribution is 2.28. The average Bonchev–Trinajstić information content (AvgIpc) is 2.26. The molecule has 15 heavy (non-hydrogen) atoms. The number of unbranched alkanes of at least 4 members (excludes halogenated alkanes) is 1. The maximum absolute atomic E-state index is 5.76. The lowest BCUT2D eigenvalue weighted by molar-refractivity contribution is 0.474. The van der Waals surface area contributed by atoms with Crippen molar-refractivity contribution in [2.75, 3.05) is 17.6 Å². The summed E-state index contributed by atoms with van der Waals surface area (Å²) in [5.41, 5.74) is 9.28. The molecule has 82 valence electrons. The largest absolute Gasteiger partial charge is 0.399 e. The Balaban J connectivity index is 2.03. The molecule has 0 aromatic heterocycles. The summed E-state index contributed by atoms with van der Waals surface area (Å²) >= 11 is 0. The van der Waals surface area contributed by atoms with E-state index >= 15 is 0 Å². The molecular weight excluding hydrogens is 184 g/mol. The first-order valence-corrected chi connectivity index (χ1v) is 5.92. The molecule has 0 fully saturated rings. The van der Waals surface area contributed by atoms with Crippen LogP contribution in [0.2, 0.25) is 0 Å². The van der Waals surface area contributed by atoms with Crippen LogP contribution >= 0.6 is 0 Å². The van der Waals surface area contributed by atoms with Gasteiger partial charge in [-0.2, -0.15) is 0 Å². The summed E-state index contributed by atoms with van der Waals surface area (Å²) in [7, 11) is 0. The van der Waals surface area contributed by atoms with E-state index < -0.39 is 0 Å². The van der Waals surface area contributed by atoms with Gasteiger partial charge in [0.1, 0.15) is 0 Å². The molecule has 0 saturated carbocycles. The third kappa shape index (κ3) is 2.44. The monoisotopic (exact) mass is 204 g/mol. The van der Waals surface area contributed by atoms with Gasteiger partial charge >= 0.3 is 0 Å². The highest BCUT2D eigenvalue weighted by molar-refractivity contribution is 5.60. The SMILES string of the molecule is CCCCC1CNc2cc(N)ccc2C1. The maximum atomic E-state index is 5.76. The molecule has 1 aromatic carbocycles. The van der Waals surface area contributed by atoms with Crippen LogP contribution in [0.5, 0.6) is 0 Å². The molecular formula is C13H20N2. The predicted molar refractivity (Wildman–Crippen MR) is 66.1 cm³/mol. The Bertz CT molecular complexity index is 333. The second-order valence-corrected chi connectivity index (χ2v) is 4.51. The predicted octanol–water partition coefficient (Wildman–Crippen LogP) is 3.04. The van der Waals surface area contributed by atoms with Crippen molar-refractivity contribution >= 4 is 11.4 Å². The van der Waals surface area contributed by atoms with E-state index in [0.29, 0.717) is 0 Å². The zero-order chi connectivity index (χ0) is 10.7. The molecule has 0 spiro atoms. The van der Waals surface area contributed by atoms with Crippen molar-refractivity contribution < 1.29 is 0 Å². The Kier molecular flexibility index (Phi) is 3.14. The molecule has 1 aliphatic heterocycles. The minimum absolute atomic E-state index is 0.807. The second-order valence-electron chi connectivity index (χ2n) is 4.51. The van der Waals surface area contributed by atoms with Crippen LogP contribution in [0.4, 0.5) is 11.4 Å². The number of hydrogen-bond acceptors (Lipinski definition) is 2. The summed E-state index contributed by atoms with van der Waals surface area (Å²) in [4.78, 5) is 0. The zero-order valence-electron chi connectivity index (χ0n) is 9.42. The Morgan fingerprint density at radius 2 is 2.33 bits per heavy atom. The van der Waals surface area contributed by atoms with Gasteiger partial charge in [-0.3, -0.25) is 0 Å². The van der Waals surface area contributed by atoms with Crippen molar-refractivity contribution in [2.45, 2.75) is 32.6 Å².